The minimum Gasteiger partial charge on any atom is -0.252 e. The topological polar surface area (TPSA) is 25.2 Å². The maximum atomic E-state index is 5.83. The van der Waals surface area contributed by atoms with E-state index < -0.39 is 7.05 Å². The van der Waals surface area contributed by atoms with E-state index in [1.54, 1.807) is 0 Å². The van der Waals surface area contributed by atoms with Crippen LogP contribution < -0.4 is 16.0 Å². The summed E-state index contributed by atoms with van der Waals surface area (Å²) in [5.41, 5.74) is 5.79. The second-order valence-corrected chi connectivity index (χ2v) is 12.1. The smallest absolute Gasteiger partial charge is 0.0890 e. The predicted molar refractivity (Wildman–Crippen MR) is 144 cm³/mol. The zero-order valence-electron chi connectivity index (χ0n) is 20.2. The van der Waals surface area contributed by atoms with Crippen LogP contribution in [0.5, 0.6) is 0 Å². The Hall–Kier alpha value is -2.96. The van der Waals surface area contributed by atoms with Crippen molar-refractivity contribution in [3.8, 4) is 0 Å². The summed E-state index contributed by atoms with van der Waals surface area (Å²) in [5.74, 6) is 0.753. The van der Waals surface area contributed by atoms with Crippen LogP contribution in [-0.4, -0.2) is 4.98 Å². The number of hydrogen-bond acceptors (Lipinski definition) is 2. The minimum absolute atomic E-state index is 0.376. The molecule has 1 heterocycles. The average Bonchev–Trinajstić information content (AvgIpc) is 2.83. The lowest BCUT2D eigenvalue weighted by atomic mass is 9.93. The van der Waals surface area contributed by atoms with E-state index in [1.807, 2.05) is 0 Å². The molecule has 4 rings (SSSR count). The highest BCUT2D eigenvalue weighted by atomic mass is 31.2. The van der Waals surface area contributed by atoms with Crippen molar-refractivity contribution < 1.29 is 0 Å². The van der Waals surface area contributed by atoms with E-state index in [2.05, 4.69) is 132 Å². The quantitative estimate of drug-likeness (QED) is 0.279. The molecule has 33 heavy (non-hydrogen) atoms. The molecule has 0 saturated carbocycles. The molecule has 0 saturated heterocycles. The van der Waals surface area contributed by atoms with Gasteiger partial charge < -0.3 is 0 Å². The third kappa shape index (κ3) is 4.59. The van der Waals surface area contributed by atoms with Crippen molar-refractivity contribution >= 4 is 28.8 Å². The van der Waals surface area contributed by atoms with Crippen LogP contribution in [0, 0.1) is 6.92 Å². The fourth-order valence-corrected chi connectivity index (χ4v) is 7.86. The van der Waals surface area contributed by atoms with E-state index in [1.165, 1.54) is 21.7 Å². The average molecular weight is 453 g/mol. The Morgan fingerprint density at radius 1 is 0.606 bits per heavy atom. The van der Waals surface area contributed by atoms with Gasteiger partial charge in [-0.15, -0.1) is 0 Å². The van der Waals surface area contributed by atoms with E-state index >= 15 is 0 Å². The molecule has 0 fully saturated rings. The maximum absolute atomic E-state index is 5.83. The Bertz CT molecular complexity index is 1210. The van der Waals surface area contributed by atoms with Gasteiger partial charge in [-0.05, 0) is 42.0 Å². The molecule has 0 spiro atoms. The fraction of sp³-hybridized carbons (Fsp3) is 0.233. The lowest BCUT2D eigenvalue weighted by molar-refractivity contribution is 0.835. The van der Waals surface area contributed by atoms with Gasteiger partial charge in [-0.25, -0.2) is 0 Å². The summed E-state index contributed by atoms with van der Waals surface area (Å²) in [6, 6.07) is 34.5. The standard InChI is InChI=1S/C30H33N2P/c1-22(2)27-19-13-20-28(23(3)4)30(27)32-33(25-15-8-6-9-16-25,26-17-10-7-11-18-26)29-21-12-14-24(5)31-29/h6-23H,1-5H3. The predicted octanol–water partition coefficient (Wildman–Crippen LogP) is 7.45. The molecule has 0 atom stereocenters. The van der Waals surface area contributed by atoms with Crippen LogP contribution in [0.1, 0.15) is 56.4 Å². The summed E-state index contributed by atoms with van der Waals surface area (Å²) in [4.78, 5) is 5.10. The van der Waals surface area contributed by atoms with Gasteiger partial charge >= 0.3 is 0 Å². The molecule has 0 aliphatic rings. The summed E-state index contributed by atoms with van der Waals surface area (Å²) in [6.07, 6.45) is 0. The van der Waals surface area contributed by atoms with Crippen LogP contribution in [0.25, 0.3) is 0 Å². The first-order chi connectivity index (χ1) is 15.9. The molecule has 4 aromatic rings. The van der Waals surface area contributed by atoms with Crippen LogP contribution in [0.15, 0.2) is 102 Å². The Labute approximate surface area is 198 Å². The summed E-state index contributed by atoms with van der Waals surface area (Å²) >= 11 is 0. The van der Waals surface area contributed by atoms with Crippen molar-refractivity contribution in [2.24, 2.45) is 4.74 Å². The number of nitrogens with zero attached hydrogens (tertiary/aromatic N) is 2. The number of hydrogen-bond donors (Lipinski definition) is 0. The summed E-state index contributed by atoms with van der Waals surface area (Å²) in [7, 11) is -2.42. The van der Waals surface area contributed by atoms with Gasteiger partial charge in [0.05, 0.1) is 18.2 Å². The Morgan fingerprint density at radius 2 is 1.09 bits per heavy atom. The van der Waals surface area contributed by atoms with E-state index in [-0.39, 0.29) is 0 Å². The number of aromatic nitrogens is 1. The molecule has 168 valence electrons. The largest absolute Gasteiger partial charge is 0.252 e. The lowest BCUT2D eigenvalue weighted by Crippen LogP contribution is -2.27. The highest BCUT2D eigenvalue weighted by Gasteiger charge is 2.30. The van der Waals surface area contributed by atoms with Gasteiger partial charge in [0.15, 0.2) is 0 Å². The van der Waals surface area contributed by atoms with Gasteiger partial charge in [-0.1, -0.05) is 113 Å². The first-order valence-electron chi connectivity index (χ1n) is 11.7. The van der Waals surface area contributed by atoms with Crippen molar-refractivity contribution in [3.63, 3.8) is 0 Å². The molecular weight excluding hydrogens is 419 g/mol. The lowest BCUT2D eigenvalue weighted by Gasteiger charge is -2.28. The molecule has 0 bridgehead atoms. The fourth-order valence-electron chi connectivity index (χ4n) is 4.35. The van der Waals surface area contributed by atoms with Crippen molar-refractivity contribution in [2.45, 2.75) is 46.5 Å². The van der Waals surface area contributed by atoms with Crippen LogP contribution >= 0.6 is 7.05 Å². The summed E-state index contributed by atoms with van der Waals surface area (Å²) in [5, 5.41) is 2.45. The van der Waals surface area contributed by atoms with Gasteiger partial charge in [0, 0.05) is 16.3 Å². The van der Waals surface area contributed by atoms with Gasteiger partial charge in [0.2, 0.25) is 0 Å². The Kier molecular flexibility index (Phi) is 6.96. The molecule has 0 aliphatic heterocycles. The first kappa shape index (κ1) is 23.2. The molecule has 2 nitrogen and oxygen atoms in total. The molecule has 3 heteroatoms. The molecule has 0 unspecified atom stereocenters. The SMILES string of the molecule is Cc1cccc(P(=Nc2c(C(C)C)cccc2C(C)C)(c2ccccc2)c2ccccc2)n1. The van der Waals surface area contributed by atoms with E-state index in [4.69, 9.17) is 9.73 Å². The zero-order chi connectivity index (χ0) is 23.4. The Balaban J connectivity index is 2.24. The highest BCUT2D eigenvalue weighted by molar-refractivity contribution is 7.87. The van der Waals surface area contributed by atoms with Crippen LogP contribution in [-0.2, 0) is 0 Å². The molecule has 0 N–H and O–H groups in total. The summed E-state index contributed by atoms with van der Waals surface area (Å²) in [6.45, 7) is 11.1. The maximum Gasteiger partial charge on any atom is 0.0890 e. The van der Waals surface area contributed by atoms with Crippen LogP contribution in [0.2, 0.25) is 0 Å². The van der Waals surface area contributed by atoms with Crippen molar-refractivity contribution in [1.29, 1.82) is 0 Å². The van der Waals surface area contributed by atoms with Gasteiger partial charge in [0.25, 0.3) is 0 Å². The van der Waals surface area contributed by atoms with Gasteiger partial charge in [-0.3, -0.25) is 9.73 Å². The number of benzene rings is 3. The molecule has 0 amide bonds. The molecule has 0 aliphatic carbocycles. The molecular formula is C30H33N2P. The third-order valence-corrected chi connectivity index (χ3v) is 9.56. The third-order valence-electron chi connectivity index (χ3n) is 6.06. The number of rotatable bonds is 6. The Morgan fingerprint density at radius 3 is 1.55 bits per heavy atom. The number of aryl methyl sites for hydroxylation is 1. The van der Waals surface area contributed by atoms with Gasteiger partial charge in [0.1, 0.15) is 0 Å². The molecule has 1 aromatic heterocycles. The van der Waals surface area contributed by atoms with Crippen molar-refractivity contribution in [3.05, 3.63) is 114 Å². The number of pyridine rings is 1. The molecule has 3 aromatic carbocycles. The van der Waals surface area contributed by atoms with Crippen molar-refractivity contribution in [2.75, 3.05) is 0 Å². The van der Waals surface area contributed by atoms with E-state index in [0.717, 1.165) is 16.8 Å². The van der Waals surface area contributed by atoms with Crippen molar-refractivity contribution in [1.82, 2.24) is 4.98 Å². The normalized spacial score (nSPS) is 11.7. The van der Waals surface area contributed by atoms with E-state index in [0.29, 0.717) is 11.8 Å². The minimum atomic E-state index is -2.42. The molecule has 0 radical (unpaired) electrons. The summed E-state index contributed by atoms with van der Waals surface area (Å²) < 4.78 is 5.83. The highest BCUT2D eigenvalue weighted by Crippen LogP contribution is 2.51. The van der Waals surface area contributed by atoms with Gasteiger partial charge in [-0.2, -0.15) is 0 Å². The van der Waals surface area contributed by atoms with Crippen LogP contribution in [0.4, 0.5) is 5.69 Å². The second kappa shape index (κ2) is 9.89. The monoisotopic (exact) mass is 452 g/mol. The van der Waals surface area contributed by atoms with E-state index in [9.17, 15) is 0 Å². The zero-order valence-corrected chi connectivity index (χ0v) is 21.1. The second-order valence-electron chi connectivity index (χ2n) is 9.14. The van der Waals surface area contributed by atoms with Crippen LogP contribution in [0.3, 0.4) is 0 Å². The first-order valence-corrected chi connectivity index (χ1v) is 13.5.